The van der Waals surface area contributed by atoms with E-state index >= 15 is 0 Å². The number of rotatable bonds is 3. The molecule has 3 aromatic rings. The second kappa shape index (κ2) is 6.24. The monoisotopic (exact) mass is 374 g/mol. The standard InChI is InChI=1S/C17H12F2N4O4/c18-17(19)26-12-5-1-3-9(14(12)27-17)7-22-15(24)16(25)23-11-8-21-10-4-2-6-20-13(10)11/h1-6,8,21H,7H2,(H,22,24)(H,23,25). The van der Waals surface area contributed by atoms with Gasteiger partial charge < -0.3 is 25.1 Å². The van der Waals surface area contributed by atoms with E-state index in [1.807, 2.05) is 0 Å². The predicted octanol–water partition coefficient (Wildman–Crippen LogP) is 2.14. The number of carbonyl (C=O) groups excluding carboxylic acids is 2. The van der Waals surface area contributed by atoms with Crippen LogP contribution in [0.25, 0.3) is 11.0 Å². The number of pyridine rings is 1. The Balaban J connectivity index is 1.42. The maximum atomic E-state index is 13.2. The number of halogens is 2. The van der Waals surface area contributed by atoms with E-state index in [1.165, 1.54) is 24.4 Å². The Morgan fingerprint density at radius 2 is 2.00 bits per heavy atom. The van der Waals surface area contributed by atoms with Crippen LogP contribution in [0.5, 0.6) is 11.5 Å². The number of anilines is 1. The first-order valence-electron chi connectivity index (χ1n) is 7.82. The number of carbonyl (C=O) groups is 2. The van der Waals surface area contributed by atoms with E-state index in [0.29, 0.717) is 16.7 Å². The molecule has 4 rings (SSSR count). The molecule has 0 unspecified atom stereocenters. The van der Waals surface area contributed by atoms with Crippen molar-refractivity contribution in [1.82, 2.24) is 15.3 Å². The average molecular weight is 374 g/mol. The molecule has 138 valence electrons. The smallest absolute Gasteiger partial charge is 0.395 e. The van der Waals surface area contributed by atoms with Crippen molar-refractivity contribution in [1.29, 1.82) is 0 Å². The van der Waals surface area contributed by atoms with Crippen LogP contribution >= 0.6 is 0 Å². The van der Waals surface area contributed by atoms with Crippen molar-refractivity contribution >= 4 is 28.5 Å². The summed E-state index contributed by atoms with van der Waals surface area (Å²) in [5.74, 6) is -2.18. The van der Waals surface area contributed by atoms with Gasteiger partial charge in [-0.2, -0.15) is 0 Å². The van der Waals surface area contributed by atoms with Crippen LogP contribution in [0.4, 0.5) is 14.5 Å². The number of alkyl halides is 2. The molecule has 0 saturated carbocycles. The van der Waals surface area contributed by atoms with Gasteiger partial charge in [0.2, 0.25) is 0 Å². The summed E-state index contributed by atoms with van der Waals surface area (Å²) in [4.78, 5) is 31.1. The van der Waals surface area contributed by atoms with Crippen molar-refractivity contribution in [3.63, 3.8) is 0 Å². The number of para-hydroxylation sites is 1. The van der Waals surface area contributed by atoms with Crippen molar-refractivity contribution in [2.75, 3.05) is 5.32 Å². The number of H-pyrrole nitrogens is 1. The van der Waals surface area contributed by atoms with Crippen molar-refractivity contribution in [2.45, 2.75) is 12.8 Å². The third-order valence-electron chi connectivity index (χ3n) is 3.84. The van der Waals surface area contributed by atoms with Crippen molar-refractivity contribution in [3.8, 4) is 11.5 Å². The summed E-state index contributed by atoms with van der Waals surface area (Å²) in [5.41, 5.74) is 1.81. The summed E-state index contributed by atoms with van der Waals surface area (Å²) in [6, 6.07) is 7.77. The van der Waals surface area contributed by atoms with E-state index in [1.54, 1.807) is 18.3 Å². The van der Waals surface area contributed by atoms with Crippen LogP contribution in [0.15, 0.2) is 42.7 Å². The van der Waals surface area contributed by atoms with Gasteiger partial charge in [0, 0.05) is 24.5 Å². The number of fused-ring (bicyclic) bond motifs is 2. The summed E-state index contributed by atoms with van der Waals surface area (Å²) >= 11 is 0. The van der Waals surface area contributed by atoms with Gasteiger partial charge in [-0.25, -0.2) is 0 Å². The van der Waals surface area contributed by atoms with Crippen molar-refractivity contribution < 1.29 is 27.8 Å². The Hall–Kier alpha value is -3.69. The molecule has 1 aromatic carbocycles. The zero-order valence-corrected chi connectivity index (χ0v) is 13.6. The highest BCUT2D eigenvalue weighted by atomic mass is 19.3. The molecule has 3 heterocycles. The van der Waals surface area contributed by atoms with Crippen molar-refractivity contribution in [2.24, 2.45) is 0 Å². The highest BCUT2D eigenvalue weighted by Crippen LogP contribution is 2.43. The first-order valence-corrected chi connectivity index (χ1v) is 7.82. The van der Waals surface area contributed by atoms with Gasteiger partial charge in [0.25, 0.3) is 0 Å². The van der Waals surface area contributed by atoms with Crippen molar-refractivity contribution in [3.05, 3.63) is 48.3 Å². The molecule has 2 aromatic heterocycles. The van der Waals surface area contributed by atoms with E-state index in [0.717, 1.165) is 0 Å². The maximum Gasteiger partial charge on any atom is 0.586 e. The molecule has 8 nitrogen and oxygen atoms in total. The number of amides is 2. The van der Waals surface area contributed by atoms with Crippen LogP contribution in [0.1, 0.15) is 5.56 Å². The number of benzene rings is 1. The molecule has 0 spiro atoms. The van der Waals surface area contributed by atoms with Gasteiger partial charge in [0.1, 0.15) is 5.52 Å². The Labute approximate surface area is 150 Å². The molecule has 27 heavy (non-hydrogen) atoms. The molecule has 1 aliphatic heterocycles. The lowest BCUT2D eigenvalue weighted by atomic mass is 10.2. The van der Waals surface area contributed by atoms with Crippen LogP contribution in [0.2, 0.25) is 0 Å². The molecule has 1 aliphatic rings. The molecule has 10 heteroatoms. The third-order valence-corrected chi connectivity index (χ3v) is 3.84. The summed E-state index contributed by atoms with van der Waals surface area (Å²) in [5, 5.41) is 4.80. The number of nitrogens with zero attached hydrogens (tertiary/aromatic N) is 1. The zero-order valence-electron chi connectivity index (χ0n) is 13.6. The zero-order chi connectivity index (χ0) is 19.0. The normalized spacial score (nSPS) is 14.1. The number of hydrogen-bond donors (Lipinski definition) is 3. The van der Waals surface area contributed by atoms with E-state index in [-0.39, 0.29) is 23.6 Å². The Kier molecular flexibility index (Phi) is 3.87. The highest BCUT2D eigenvalue weighted by molar-refractivity contribution is 6.40. The minimum Gasteiger partial charge on any atom is -0.395 e. The molecule has 0 fully saturated rings. The molecule has 0 saturated heterocycles. The second-order valence-electron chi connectivity index (χ2n) is 5.65. The van der Waals surface area contributed by atoms with E-state index in [4.69, 9.17) is 0 Å². The summed E-state index contributed by atoms with van der Waals surface area (Å²) < 4.78 is 35.1. The number of hydrogen-bond acceptors (Lipinski definition) is 5. The van der Waals surface area contributed by atoms with Crippen LogP contribution in [-0.2, 0) is 16.1 Å². The quantitative estimate of drug-likeness (QED) is 0.609. The van der Waals surface area contributed by atoms with Crippen LogP contribution in [-0.4, -0.2) is 28.1 Å². The molecule has 0 bridgehead atoms. The second-order valence-corrected chi connectivity index (χ2v) is 5.65. The van der Waals surface area contributed by atoms with Gasteiger partial charge >= 0.3 is 18.1 Å². The number of aromatic amines is 1. The van der Waals surface area contributed by atoms with Gasteiger partial charge in [-0.15, -0.1) is 8.78 Å². The number of aromatic nitrogens is 2. The van der Waals surface area contributed by atoms with E-state index in [9.17, 15) is 18.4 Å². The molecule has 0 aliphatic carbocycles. The summed E-state index contributed by atoms with van der Waals surface area (Å²) in [6.45, 7) is -0.193. The lowest BCUT2D eigenvalue weighted by molar-refractivity contribution is -0.286. The Morgan fingerprint density at radius 1 is 1.15 bits per heavy atom. The highest BCUT2D eigenvalue weighted by Gasteiger charge is 2.44. The summed E-state index contributed by atoms with van der Waals surface area (Å²) in [6.07, 6.45) is -0.692. The molecule has 3 N–H and O–H groups in total. The fourth-order valence-corrected chi connectivity index (χ4v) is 2.65. The third kappa shape index (κ3) is 3.24. The minimum atomic E-state index is -3.76. The maximum absolute atomic E-state index is 13.2. The average Bonchev–Trinajstić information content (AvgIpc) is 3.19. The first-order chi connectivity index (χ1) is 12.9. The van der Waals surface area contributed by atoms with Gasteiger partial charge in [-0.3, -0.25) is 14.6 Å². The van der Waals surface area contributed by atoms with E-state index in [2.05, 4.69) is 30.1 Å². The SMILES string of the molecule is O=C(NCc1cccc2c1OC(F)(F)O2)C(=O)Nc1c[nH]c2cccnc12. The molecular formula is C17H12F2N4O4. The molecule has 0 radical (unpaired) electrons. The van der Waals surface area contributed by atoms with Gasteiger partial charge in [0.05, 0.1) is 11.2 Å². The fraction of sp³-hybridized carbons (Fsp3) is 0.118. The van der Waals surface area contributed by atoms with Crippen LogP contribution in [0.3, 0.4) is 0 Å². The molecular weight excluding hydrogens is 362 g/mol. The lowest BCUT2D eigenvalue weighted by Gasteiger charge is -2.08. The largest absolute Gasteiger partial charge is 0.586 e. The topological polar surface area (TPSA) is 105 Å². The van der Waals surface area contributed by atoms with Crippen LogP contribution < -0.4 is 20.1 Å². The molecule has 2 amide bonds. The Bertz CT molecular complexity index is 1050. The fourth-order valence-electron chi connectivity index (χ4n) is 2.65. The molecule has 0 atom stereocenters. The van der Waals surface area contributed by atoms with Crippen LogP contribution in [0, 0.1) is 0 Å². The van der Waals surface area contributed by atoms with Gasteiger partial charge in [-0.05, 0) is 18.2 Å². The number of nitrogens with one attached hydrogen (secondary N) is 3. The summed E-state index contributed by atoms with van der Waals surface area (Å²) in [7, 11) is 0. The van der Waals surface area contributed by atoms with E-state index < -0.39 is 18.1 Å². The van der Waals surface area contributed by atoms with Gasteiger partial charge in [0.15, 0.2) is 11.5 Å². The minimum absolute atomic E-state index is 0.138. The first kappa shape index (κ1) is 16.8. The predicted molar refractivity (Wildman–Crippen MR) is 89.2 cm³/mol. The lowest BCUT2D eigenvalue weighted by Crippen LogP contribution is -2.35. The van der Waals surface area contributed by atoms with Gasteiger partial charge in [-0.1, -0.05) is 12.1 Å². The number of ether oxygens (including phenoxy) is 2. The Morgan fingerprint density at radius 3 is 2.85 bits per heavy atom.